The van der Waals surface area contributed by atoms with Crippen LogP contribution in [0.1, 0.15) is 36.7 Å². The lowest BCUT2D eigenvalue weighted by atomic mass is 10.1. The summed E-state index contributed by atoms with van der Waals surface area (Å²) in [5.74, 6) is 1.01. The van der Waals surface area contributed by atoms with E-state index in [1.54, 1.807) is 6.26 Å². The minimum Gasteiger partial charge on any atom is -0.467 e. The number of benzene rings is 1. The predicted molar refractivity (Wildman–Crippen MR) is 86.5 cm³/mol. The molecule has 0 aliphatic heterocycles. The Hall–Kier alpha value is -1.74. The summed E-state index contributed by atoms with van der Waals surface area (Å²) >= 11 is 0. The van der Waals surface area contributed by atoms with Gasteiger partial charge in [0.25, 0.3) is 0 Å². The molecule has 3 nitrogen and oxygen atoms in total. The lowest BCUT2D eigenvalue weighted by Crippen LogP contribution is -2.25. The Kier molecular flexibility index (Phi) is 4.30. The molecule has 1 aliphatic carbocycles. The average molecular weight is 284 g/mol. The largest absolute Gasteiger partial charge is 0.467 e. The third kappa shape index (κ3) is 3.67. The van der Waals surface area contributed by atoms with Crippen molar-refractivity contribution in [3.05, 3.63) is 53.5 Å². The number of rotatable bonds is 7. The van der Waals surface area contributed by atoms with Crippen molar-refractivity contribution in [1.82, 2.24) is 5.32 Å². The molecule has 0 atom stereocenters. The fourth-order valence-electron chi connectivity index (χ4n) is 2.66. The zero-order valence-corrected chi connectivity index (χ0v) is 12.9. The van der Waals surface area contributed by atoms with Gasteiger partial charge in [-0.25, -0.2) is 0 Å². The third-order valence-corrected chi connectivity index (χ3v) is 4.04. The Morgan fingerprint density at radius 3 is 2.81 bits per heavy atom. The molecular weight excluding hydrogens is 260 g/mol. The van der Waals surface area contributed by atoms with Crippen molar-refractivity contribution in [1.29, 1.82) is 0 Å². The molecule has 1 fully saturated rings. The normalized spacial score (nSPS) is 14.4. The van der Waals surface area contributed by atoms with Crippen LogP contribution in [-0.2, 0) is 13.1 Å². The van der Waals surface area contributed by atoms with Crippen molar-refractivity contribution in [2.75, 3.05) is 11.4 Å². The minimum absolute atomic E-state index is 0.735. The van der Waals surface area contributed by atoms with E-state index in [9.17, 15) is 0 Å². The molecule has 1 heterocycles. The van der Waals surface area contributed by atoms with E-state index in [-0.39, 0.29) is 0 Å². The highest BCUT2D eigenvalue weighted by atomic mass is 16.3. The second kappa shape index (κ2) is 6.35. The summed E-state index contributed by atoms with van der Waals surface area (Å²) in [5.41, 5.74) is 4.02. The summed E-state index contributed by atoms with van der Waals surface area (Å²) < 4.78 is 5.50. The number of nitrogens with one attached hydrogen (secondary N) is 1. The van der Waals surface area contributed by atoms with Crippen LogP contribution >= 0.6 is 0 Å². The Bertz CT molecular complexity index is 573. The summed E-state index contributed by atoms with van der Waals surface area (Å²) in [5, 5.41) is 3.63. The topological polar surface area (TPSA) is 28.4 Å². The van der Waals surface area contributed by atoms with Crippen LogP contribution in [0.25, 0.3) is 0 Å². The summed E-state index contributed by atoms with van der Waals surface area (Å²) in [6.07, 6.45) is 4.39. The SMILES string of the molecule is CCN(Cc1ccco1)c1ccc(C)cc1CNC1CC1. The number of furan rings is 1. The van der Waals surface area contributed by atoms with Gasteiger partial charge < -0.3 is 14.6 Å². The lowest BCUT2D eigenvalue weighted by Gasteiger charge is -2.25. The molecule has 0 amide bonds. The van der Waals surface area contributed by atoms with Crippen LogP contribution in [0.4, 0.5) is 5.69 Å². The van der Waals surface area contributed by atoms with Crippen molar-refractivity contribution in [3.8, 4) is 0 Å². The predicted octanol–water partition coefficient (Wildman–Crippen LogP) is 3.87. The van der Waals surface area contributed by atoms with Gasteiger partial charge in [-0.1, -0.05) is 17.7 Å². The summed E-state index contributed by atoms with van der Waals surface area (Å²) in [4.78, 5) is 2.38. The first-order valence-electron chi connectivity index (χ1n) is 7.86. The van der Waals surface area contributed by atoms with Crippen molar-refractivity contribution in [3.63, 3.8) is 0 Å². The maximum absolute atomic E-state index is 5.50. The van der Waals surface area contributed by atoms with Crippen LogP contribution in [0.3, 0.4) is 0 Å². The van der Waals surface area contributed by atoms with Crippen LogP contribution in [0, 0.1) is 6.92 Å². The Balaban J connectivity index is 1.79. The zero-order valence-electron chi connectivity index (χ0n) is 12.9. The summed E-state index contributed by atoms with van der Waals surface area (Å²) in [6.45, 7) is 7.10. The molecule has 1 aromatic carbocycles. The molecule has 3 heteroatoms. The Labute approximate surface area is 127 Å². The van der Waals surface area contributed by atoms with Gasteiger partial charge in [0.2, 0.25) is 0 Å². The van der Waals surface area contributed by atoms with Crippen LogP contribution in [0.2, 0.25) is 0 Å². The van der Waals surface area contributed by atoms with E-state index in [0.717, 1.165) is 31.4 Å². The van der Waals surface area contributed by atoms with Gasteiger partial charge in [-0.3, -0.25) is 0 Å². The van der Waals surface area contributed by atoms with Crippen LogP contribution in [-0.4, -0.2) is 12.6 Å². The van der Waals surface area contributed by atoms with E-state index < -0.39 is 0 Å². The molecule has 0 saturated heterocycles. The molecule has 2 aromatic rings. The Morgan fingerprint density at radius 2 is 2.14 bits per heavy atom. The number of aryl methyl sites for hydroxylation is 1. The lowest BCUT2D eigenvalue weighted by molar-refractivity contribution is 0.503. The molecule has 112 valence electrons. The van der Waals surface area contributed by atoms with Gasteiger partial charge in [-0.2, -0.15) is 0 Å². The van der Waals surface area contributed by atoms with Crippen LogP contribution in [0.5, 0.6) is 0 Å². The first kappa shape index (κ1) is 14.2. The number of anilines is 1. The van der Waals surface area contributed by atoms with Crippen molar-refractivity contribution in [2.24, 2.45) is 0 Å². The van der Waals surface area contributed by atoms with Gasteiger partial charge in [0.05, 0.1) is 12.8 Å². The monoisotopic (exact) mass is 284 g/mol. The number of nitrogens with zero attached hydrogens (tertiary/aromatic N) is 1. The fraction of sp³-hybridized carbons (Fsp3) is 0.444. The van der Waals surface area contributed by atoms with E-state index in [1.165, 1.54) is 29.7 Å². The van der Waals surface area contributed by atoms with Crippen molar-refractivity contribution >= 4 is 5.69 Å². The molecule has 21 heavy (non-hydrogen) atoms. The third-order valence-electron chi connectivity index (χ3n) is 4.04. The molecule has 3 rings (SSSR count). The molecule has 0 unspecified atom stereocenters. The van der Waals surface area contributed by atoms with E-state index in [1.807, 2.05) is 12.1 Å². The molecule has 1 aromatic heterocycles. The van der Waals surface area contributed by atoms with Gasteiger partial charge in [0, 0.05) is 24.8 Å². The first-order valence-corrected chi connectivity index (χ1v) is 7.86. The second-order valence-corrected chi connectivity index (χ2v) is 5.88. The van der Waals surface area contributed by atoms with Crippen molar-refractivity contribution in [2.45, 2.75) is 45.8 Å². The quantitative estimate of drug-likeness (QED) is 0.836. The highest BCUT2D eigenvalue weighted by Gasteiger charge is 2.21. The second-order valence-electron chi connectivity index (χ2n) is 5.88. The zero-order chi connectivity index (χ0) is 14.7. The number of hydrogen-bond donors (Lipinski definition) is 1. The van der Waals surface area contributed by atoms with Crippen LogP contribution in [0.15, 0.2) is 41.0 Å². The van der Waals surface area contributed by atoms with E-state index in [0.29, 0.717) is 0 Å². The maximum Gasteiger partial charge on any atom is 0.123 e. The van der Waals surface area contributed by atoms with Gasteiger partial charge in [-0.05, 0) is 50.5 Å². The highest BCUT2D eigenvalue weighted by Crippen LogP contribution is 2.26. The Morgan fingerprint density at radius 1 is 1.29 bits per heavy atom. The maximum atomic E-state index is 5.50. The molecule has 0 radical (unpaired) electrons. The van der Waals surface area contributed by atoms with Gasteiger partial charge in [-0.15, -0.1) is 0 Å². The molecule has 0 bridgehead atoms. The van der Waals surface area contributed by atoms with E-state index in [2.05, 4.69) is 42.3 Å². The molecule has 0 spiro atoms. The highest BCUT2D eigenvalue weighted by molar-refractivity contribution is 5.55. The van der Waals surface area contributed by atoms with Gasteiger partial charge in [0.15, 0.2) is 0 Å². The van der Waals surface area contributed by atoms with E-state index in [4.69, 9.17) is 4.42 Å². The minimum atomic E-state index is 0.735. The van der Waals surface area contributed by atoms with E-state index >= 15 is 0 Å². The molecular formula is C18H24N2O. The molecule has 1 aliphatic rings. The standard InChI is InChI=1S/C18H24N2O/c1-3-20(13-17-5-4-10-21-17)18-9-6-14(2)11-15(18)12-19-16-7-8-16/h4-6,9-11,16,19H,3,7-8,12-13H2,1-2H3. The smallest absolute Gasteiger partial charge is 0.123 e. The average Bonchev–Trinajstić information content (AvgIpc) is 3.18. The molecule has 1 saturated carbocycles. The summed E-state index contributed by atoms with van der Waals surface area (Å²) in [7, 11) is 0. The van der Waals surface area contributed by atoms with Crippen LogP contribution < -0.4 is 10.2 Å². The van der Waals surface area contributed by atoms with Crippen molar-refractivity contribution < 1.29 is 4.42 Å². The van der Waals surface area contributed by atoms with Gasteiger partial charge in [0.1, 0.15) is 5.76 Å². The number of hydrogen-bond acceptors (Lipinski definition) is 3. The first-order chi connectivity index (χ1) is 10.3. The van der Waals surface area contributed by atoms with Gasteiger partial charge >= 0.3 is 0 Å². The summed E-state index contributed by atoms with van der Waals surface area (Å²) in [6, 6.07) is 11.5. The molecule has 1 N–H and O–H groups in total. The fourth-order valence-corrected chi connectivity index (χ4v) is 2.66.